The van der Waals surface area contributed by atoms with Gasteiger partial charge in [-0.15, -0.1) is 0 Å². The topological polar surface area (TPSA) is 101 Å². The first kappa shape index (κ1) is 23.7. The standard InChI is InChI=1S/C25H32FN7O/c1-5-19-30-20-21(22-25(2,31-23(20)27)11-8-13-28-22)33(19)14-7-6-12-29-24(34)16-9-10-18(32(3)4)17(26)15-16/h8-10,13,15H,5-7,11-12,14H2,1-4H3,(H2,27,31)(H,29,34). The maximum absolute atomic E-state index is 14.2. The molecule has 2 aromatic rings. The van der Waals surface area contributed by atoms with Crippen LogP contribution in [-0.4, -0.2) is 53.2 Å². The Balaban J connectivity index is 1.40. The second-order valence-corrected chi connectivity index (χ2v) is 9.09. The minimum absolute atomic E-state index is 0.276. The molecule has 1 unspecified atom stereocenters. The highest BCUT2D eigenvalue weighted by Gasteiger charge is 2.40. The summed E-state index contributed by atoms with van der Waals surface area (Å²) in [5.74, 6) is 0.719. The summed E-state index contributed by atoms with van der Waals surface area (Å²) >= 11 is 0. The fraction of sp³-hybridized carbons (Fsp3) is 0.440. The number of aryl methyl sites for hydroxylation is 1. The number of amidine groups is 1. The highest BCUT2D eigenvalue weighted by molar-refractivity contribution is 6.18. The zero-order valence-corrected chi connectivity index (χ0v) is 20.2. The number of unbranched alkanes of at least 4 members (excludes halogenated alkanes) is 1. The zero-order valence-electron chi connectivity index (χ0n) is 20.2. The summed E-state index contributed by atoms with van der Waals surface area (Å²) in [6.07, 6.45) is 6.96. The largest absolute Gasteiger partial charge is 0.382 e. The van der Waals surface area contributed by atoms with Crippen molar-refractivity contribution in [3.63, 3.8) is 0 Å². The molecule has 1 amide bonds. The average Bonchev–Trinajstić information content (AvgIpc) is 3.17. The van der Waals surface area contributed by atoms with Crippen molar-refractivity contribution in [3.05, 3.63) is 59.1 Å². The van der Waals surface area contributed by atoms with E-state index >= 15 is 0 Å². The van der Waals surface area contributed by atoms with E-state index in [2.05, 4.69) is 28.7 Å². The number of carbonyl (C=O) groups excluding carboxylic acids is 1. The number of aromatic nitrogens is 2. The maximum atomic E-state index is 14.2. The van der Waals surface area contributed by atoms with Crippen LogP contribution in [-0.2, 0) is 13.0 Å². The number of rotatable bonds is 8. The molecule has 0 radical (unpaired) electrons. The lowest BCUT2D eigenvalue weighted by atomic mass is 9.85. The van der Waals surface area contributed by atoms with Crippen molar-refractivity contribution in [2.45, 2.75) is 51.6 Å². The summed E-state index contributed by atoms with van der Waals surface area (Å²) in [6.45, 7) is 5.36. The van der Waals surface area contributed by atoms with Crippen molar-refractivity contribution >= 4 is 23.1 Å². The van der Waals surface area contributed by atoms with Crippen molar-refractivity contribution in [1.29, 1.82) is 0 Å². The molecule has 34 heavy (non-hydrogen) atoms. The Morgan fingerprint density at radius 3 is 2.82 bits per heavy atom. The molecule has 0 bridgehead atoms. The minimum atomic E-state index is -0.472. The fourth-order valence-corrected chi connectivity index (χ4v) is 4.52. The first-order chi connectivity index (χ1) is 16.2. The van der Waals surface area contributed by atoms with Gasteiger partial charge in [0, 0.05) is 45.4 Å². The smallest absolute Gasteiger partial charge is 0.251 e. The summed E-state index contributed by atoms with van der Waals surface area (Å²) in [5, 5.41) is 2.89. The van der Waals surface area contributed by atoms with Gasteiger partial charge in [-0.1, -0.05) is 13.0 Å². The summed E-state index contributed by atoms with van der Waals surface area (Å²) in [5.41, 5.74) is 9.16. The van der Waals surface area contributed by atoms with Gasteiger partial charge < -0.3 is 20.5 Å². The molecule has 9 heteroatoms. The van der Waals surface area contributed by atoms with Gasteiger partial charge in [0.25, 0.3) is 5.91 Å². The Morgan fingerprint density at radius 2 is 2.12 bits per heavy atom. The van der Waals surface area contributed by atoms with Crippen LogP contribution in [0.4, 0.5) is 10.1 Å². The van der Waals surface area contributed by atoms with Crippen LogP contribution in [0.15, 0.2) is 40.5 Å². The van der Waals surface area contributed by atoms with Crippen LogP contribution >= 0.6 is 0 Å². The number of benzene rings is 1. The third-order valence-electron chi connectivity index (χ3n) is 6.32. The highest BCUT2D eigenvalue weighted by Crippen LogP contribution is 2.33. The molecule has 3 N–H and O–H groups in total. The predicted octanol–water partition coefficient (Wildman–Crippen LogP) is 3.04. The third kappa shape index (κ3) is 4.34. The molecule has 2 aliphatic heterocycles. The maximum Gasteiger partial charge on any atom is 0.251 e. The lowest BCUT2D eigenvalue weighted by molar-refractivity contribution is 0.0952. The zero-order chi connectivity index (χ0) is 24.5. The number of aliphatic imine (C=N–C) groups is 2. The molecule has 0 saturated carbocycles. The summed E-state index contributed by atoms with van der Waals surface area (Å²) in [6, 6.07) is 4.53. The van der Waals surface area contributed by atoms with E-state index < -0.39 is 11.4 Å². The summed E-state index contributed by atoms with van der Waals surface area (Å²) in [7, 11) is 3.53. The van der Waals surface area contributed by atoms with E-state index in [0.717, 1.165) is 49.5 Å². The fourth-order valence-electron chi connectivity index (χ4n) is 4.52. The average molecular weight is 466 g/mol. The Hall–Kier alpha value is -3.49. The molecule has 0 fully saturated rings. The lowest BCUT2D eigenvalue weighted by Crippen LogP contribution is -2.43. The first-order valence-corrected chi connectivity index (χ1v) is 11.7. The number of nitrogens with zero attached hydrogens (tertiary/aromatic N) is 5. The second-order valence-electron chi connectivity index (χ2n) is 9.09. The van der Waals surface area contributed by atoms with Gasteiger partial charge in [0.1, 0.15) is 28.7 Å². The van der Waals surface area contributed by atoms with E-state index in [1.807, 2.05) is 12.3 Å². The molecule has 3 heterocycles. The van der Waals surface area contributed by atoms with Gasteiger partial charge in [-0.2, -0.15) is 0 Å². The van der Waals surface area contributed by atoms with Gasteiger partial charge in [-0.05, 0) is 44.4 Å². The molecule has 0 aliphatic carbocycles. The van der Waals surface area contributed by atoms with Crippen LogP contribution < -0.4 is 16.0 Å². The van der Waals surface area contributed by atoms with Gasteiger partial charge in [0.2, 0.25) is 0 Å². The Labute approximate surface area is 199 Å². The SMILES string of the molecule is CCc1nc2c(n1CCCCNC(=O)c1ccc(N(C)C)c(F)c1)C1=NC=CCC1(C)N=C2N. The monoisotopic (exact) mass is 465 g/mol. The van der Waals surface area contributed by atoms with Crippen molar-refractivity contribution in [2.75, 3.05) is 25.5 Å². The van der Waals surface area contributed by atoms with Crippen molar-refractivity contribution in [1.82, 2.24) is 14.9 Å². The van der Waals surface area contributed by atoms with Crippen LogP contribution in [0, 0.1) is 5.82 Å². The molecule has 1 atom stereocenters. The second kappa shape index (κ2) is 9.40. The molecular formula is C25H32FN7O. The summed E-state index contributed by atoms with van der Waals surface area (Å²) < 4.78 is 16.4. The van der Waals surface area contributed by atoms with E-state index in [4.69, 9.17) is 15.7 Å². The van der Waals surface area contributed by atoms with Gasteiger partial charge in [0.15, 0.2) is 0 Å². The minimum Gasteiger partial charge on any atom is -0.382 e. The van der Waals surface area contributed by atoms with Crippen molar-refractivity contribution < 1.29 is 9.18 Å². The highest BCUT2D eigenvalue weighted by atomic mass is 19.1. The number of hydrogen-bond donors (Lipinski definition) is 2. The van der Waals surface area contributed by atoms with E-state index in [9.17, 15) is 9.18 Å². The number of nitrogens with one attached hydrogen (secondary N) is 1. The number of imidazole rings is 1. The molecule has 0 spiro atoms. The van der Waals surface area contributed by atoms with Crippen LogP contribution in [0.2, 0.25) is 0 Å². The van der Waals surface area contributed by atoms with Gasteiger partial charge in [-0.25, -0.2) is 9.37 Å². The van der Waals surface area contributed by atoms with Gasteiger partial charge >= 0.3 is 0 Å². The molecule has 4 rings (SSSR count). The van der Waals surface area contributed by atoms with Gasteiger partial charge in [-0.3, -0.25) is 14.8 Å². The molecule has 1 aromatic heterocycles. The quantitative estimate of drug-likeness (QED) is 0.585. The Kier molecular flexibility index (Phi) is 6.54. The normalized spacial score (nSPS) is 18.6. The van der Waals surface area contributed by atoms with Crippen molar-refractivity contribution in [2.24, 2.45) is 15.7 Å². The Morgan fingerprint density at radius 1 is 1.32 bits per heavy atom. The third-order valence-corrected chi connectivity index (χ3v) is 6.32. The number of fused-ring (bicyclic) bond motifs is 3. The number of nitrogens with two attached hydrogens (primary N) is 1. The number of carbonyl (C=O) groups is 1. The molecule has 0 saturated heterocycles. The summed E-state index contributed by atoms with van der Waals surface area (Å²) in [4.78, 5) is 28.2. The molecule has 2 aliphatic rings. The van der Waals surface area contributed by atoms with E-state index in [0.29, 0.717) is 29.3 Å². The number of halogens is 1. The number of hydrogen-bond acceptors (Lipinski definition) is 6. The lowest BCUT2D eigenvalue weighted by Gasteiger charge is -2.32. The van der Waals surface area contributed by atoms with E-state index in [1.165, 1.54) is 6.07 Å². The van der Waals surface area contributed by atoms with Gasteiger partial charge in [0.05, 0.1) is 17.1 Å². The van der Waals surface area contributed by atoms with Crippen LogP contribution in [0.3, 0.4) is 0 Å². The van der Waals surface area contributed by atoms with Crippen LogP contribution in [0.25, 0.3) is 0 Å². The molecular weight excluding hydrogens is 433 g/mol. The molecule has 180 valence electrons. The predicted molar refractivity (Wildman–Crippen MR) is 133 cm³/mol. The molecule has 1 aromatic carbocycles. The van der Waals surface area contributed by atoms with E-state index in [-0.39, 0.29) is 5.91 Å². The Bertz CT molecular complexity index is 1190. The van der Waals surface area contributed by atoms with Crippen LogP contribution in [0.1, 0.15) is 60.7 Å². The molecule has 8 nitrogen and oxygen atoms in total. The number of amides is 1. The van der Waals surface area contributed by atoms with Crippen molar-refractivity contribution in [3.8, 4) is 0 Å². The number of anilines is 1. The van der Waals surface area contributed by atoms with Crippen LogP contribution in [0.5, 0.6) is 0 Å². The first-order valence-electron chi connectivity index (χ1n) is 11.7. The van der Waals surface area contributed by atoms with E-state index in [1.54, 1.807) is 31.1 Å².